The van der Waals surface area contributed by atoms with Crippen molar-refractivity contribution in [3.05, 3.63) is 0 Å². The highest BCUT2D eigenvalue weighted by Gasteiger charge is 2.29. The zero-order chi connectivity index (χ0) is 16.0. The second kappa shape index (κ2) is 8.16. The second-order valence-corrected chi connectivity index (χ2v) is 7.26. The Morgan fingerprint density at radius 2 is 2.00 bits per heavy atom. The molecule has 0 bridgehead atoms. The van der Waals surface area contributed by atoms with Crippen LogP contribution in [0.1, 0.15) is 40.5 Å². The van der Waals surface area contributed by atoms with Gasteiger partial charge in [0.2, 0.25) is 0 Å². The first-order chi connectivity index (χ1) is 10.5. The molecule has 5 nitrogen and oxygen atoms in total. The predicted octanol–water partition coefficient (Wildman–Crippen LogP) is 1.79. The van der Waals surface area contributed by atoms with Gasteiger partial charge >= 0.3 is 0 Å². The van der Waals surface area contributed by atoms with E-state index in [2.05, 4.69) is 42.8 Å². The second-order valence-electron chi connectivity index (χ2n) is 7.26. The van der Waals surface area contributed by atoms with Gasteiger partial charge in [0.15, 0.2) is 5.96 Å². The molecule has 0 radical (unpaired) electrons. The van der Waals surface area contributed by atoms with Crippen molar-refractivity contribution in [2.75, 3.05) is 52.5 Å². The molecule has 2 saturated heterocycles. The Hall–Kier alpha value is -0.810. The Bertz CT molecular complexity index is 362. The van der Waals surface area contributed by atoms with Gasteiger partial charge in [0.25, 0.3) is 0 Å². The zero-order valence-electron chi connectivity index (χ0n) is 14.9. The number of nitrogens with zero attached hydrogens (tertiary/aromatic N) is 3. The molecule has 0 aliphatic carbocycles. The van der Waals surface area contributed by atoms with Crippen LogP contribution in [-0.4, -0.2) is 73.8 Å². The van der Waals surface area contributed by atoms with Gasteiger partial charge in [-0.1, -0.05) is 6.92 Å². The van der Waals surface area contributed by atoms with Gasteiger partial charge in [-0.25, -0.2) is 0 Å². The van der Waals surface area contributed by atoms with Crippen molar-refractivity contribution in [3.63, 3.8) is 0 Å². The molecule has 0 aromatic carbocycles. The largest absolute Gasteiger partial charge is 0.378 e. The van der Waals surface area contributed by atoms with Gasteiger partial charge in [-0.3, -0.25) is 9.89 Å². The fourth-order valence-corrected chi connectivity index (χ4v) is 3.23. The van der Waals surface area contributed by atoms with Crippen molar-refractivity contribution in [2.45, 2.75) is 46.1 Å². The lowest BCUT2D eigenvalue weighted by Crippen LogP contribution is -2.53. The number of likely N-dealkylation sites (tertiary alicyclic amines) is 1. The highest BCUT2D eigenvalue weighted by atomic mass is 16.5. The quantitative estimate of drug-likeness (QED) is 0.635. The fourth-order valence-electron chi connectivity index (χ4n) is 3.23. The molecule has 0 spiro atoms. The zero-order valence-corrected chi connectivity index (χ0v) is 14.9. The Kier molecular flexibility index (Phi) is 6.50. The lowest BCUT2D eigenvalue weighted by atomic mass is 10.00. The number of ether oxygens (including phenoxy) is 1. The molecule has 0 unspecified atom stereocenters. The highest BCUT2D eigenvalue weighted by molar-refractivity contribution is 5.80. The smallest absolute Gasteiger partial charge is 0.193 e. The maximum atomic E-state index is 5.59. The van der Waals surface area contributed by atoms with E-state index in [-0.39, 0.29) is 5.54 Å². The third-order valence-corrected chi connectivity index (χ3v) is 4.87. The average molecular weight is 310 g/mol. The number of nitrogens with one attached hydrogen (secondary N) is 1. The molecule has 2 aliphatic rings. The molecule has 0 aromatic heterocycles. The van der Waals surface area contributed by atoms with E-state index in [1.54, 1.807) is 0 Å². The summed E-state index contributed by atoms with van der Waals surface area (Å²) < 4.78 is 5.59. The first-order valence-corrected chi connectivity index (χ1v) is 8.89. The number of aliphatic imine (C=N–C) groups is 1. The van der Waals surface area contributed by atoms with Crippen LogP contribution >= 0.6 is 0 Å². The van der Waals surface area contributed by atoms with Crippen molar-refractivity contribution in [1.29, 1.82) is 0 Å². The Morgan fingerprint density at radius 1 is 1.27 bits per heavy atom. The van der Waals surface area contributed by atoms with Crippen molar-refractivity contribution in [2.24, 2.45) is 10.9 Å². The number of hydrogen-bond donors (Lipinski definition) is 1. The molecule has 2 fully saturated rings. The third-order valence-electron chi connectivity index (χ3n) is 4.87. The molecule has 22 heavy (non-hydrogen) atoms. The van der Waals surface area contributed by atoms with Gasteiger partial charge in [-0.2, -0.15) is 0 Å². The first-order valence-electron chi connectivity index (χ1n) is 8.89. The summed E-state index contributed by atoms with van der Waals surface area (Å²) in [4.78, 5) is 9.80. The summed E-state index contributed by atoms with van der Waals surface area (Å²) in [6.07, 6.45) is 2.56. The molecule has 0 saturated carbocycles. The summed E-state index contributed by atoms with van der Waals surface area (Å²) in [5, 5.41) is 3.46. The summed E-state index contributed by atoms with van der Waals surface area (Å²) in [5.74, 6) is 1.95. The summed E-state index contributed by atoms with van der Waals surface area (Å²) in [5.41, 5.74) is 0.132. The van der Waals surface area contributed by atoms with Crippen LogP contribution in [0.5, 0.6) is 0 Å². The molecule has 5 heteroatoms. The van der Waals surface area contributed by atoms with Crippen LogP contribution in [0.25, 0.3) is 0 Å². The molecule has 2 heterocycles. The highest BCUT2D eigenvalue weighted by Crippen LogP contribution is 2.18. The lowest BCUT2D eigenvalue weighted by molar-refractivity contribution is -0.0491. The monoisotopic (exact) mass is 310 g/mol. The third kappa shape index (κ3) is 4.85. The van der Waals surface area contributed by atoms with E-state index in [4.69, 9.17) is 9.73 Å². The van der Waals surface area contributed by atoms with E-state index >= 15 is 0 Å². The maximum Gasteiger partial charge on any atom is 0.193 e. The molecule has 0 amide bonds. The van der Waals surface area contributed by atoms with E-state index < -0.39 is 0 Å². The fraction of sp³-hybridized carbons (Fsp3) is 0.941. The molecule has 2 aliphatic heterocycles. The van der Waals surface area contributed by atoms with Gasteiger partial charge in [0.05, 0.1) is 19.8 Å². The normalized spacial score (nSPS) is 24.5. The van der Waals surface area contributed by atoms with Crippen molar-refractivity contribution < 1.29 is 4.74 Å². The van der Waals surface area contributed by atoms with Gasteiger partial charge < -0.3 is 15.0 Å². The number of guanidine groups is 1. The van der Waals surface area contributed by atoms with Crippen LogP contribution in [0.4, 0.5) is 0 Å². The molecule has 128 valence electrons. The van der Waals surface area contributed by atoms with Crippen molar-refractivity contribution >= 4 is 5.96 Å². The molecular weight excluding hydrogens is 276 g/mol. The van der Waals surface area contributed by atoms with Crippen LogP contribution in [0.2, 0.25) is 0 Å². The number of hydrogen-bond acceptors (Lipinski definition) is 3. The minimum absolute atomic E-state index is 0.132. The minimum Gasteiger partial charge on any atom is -0.378 e. The maximum absolute atomic E-state index is 5.59. The van der Waals surface area contributed by atoms with E-state index in [9.17, 15) is 0 Å². The molecule has 0 atom stereocenters. The minimum atomic E-state index is 0.132. The summed E-state index contributed by atoms with van der Waals surface area (Å²) in [6.45, 7) is 16.8. The SMILES string of the molecule is CCNC(=NCCN1CCOCC1(C)C)N1CCC(C)CC1. The number of rotatable bonds is 4. The Labute approximate surface area is 136 Å². The number of piperidine rings is 1. The van der Waals surface area contributed by atoms with Crippen LogP contribution in [0.3, 0.4) is 0 Å². The van der Waals surface area contributed by atoms with Crippen molar-refractivity contribution in [3.8, 4) is 0 Å². The molecule has 1 N–H and O–H groups in total. The molecule has 0 aromatic rings. The van der Waals surface area contributed by atoms with Crippen molar-refractivity contribution in [1.82, 2.24) is 15.1 Å². The van der Waals surface area contributed by atoms with E-state index in [0.717, 1.165) is 64.4 Å². The van der Waals surface area contributed by atoms with E-state index in [0.29, 0.717) is 0 Å². The summed E-state index contributed by atoms with van der Waals surface area (Å²) >= 11 is 0. The lowest BCUT2D eigenvalue weighted by Gasteiger charge is -2.42. The number of morpholine rings is 1. The van der Waals surface area contributed by atoms with Gasteiger partial charge in [-0.15, -0.1) is 0 Å². The van der Waals surface area contributed by atoms with Gasteiger partial charge in [0, 0.05) is 38.3 Å². The van der Waals surface area contributed by atoms with Gasteiger partial charge in [-0.05, 0) is 39.5 Å². The Balaban J connectivity index is 1.87. The van der Waals surface area contributed by atoms with Gasteiger partial charge in [0.1, 0.15) is 0 Å². The average Bonchev–Trinajstić information content (AvgIpc) is 2.49. The van der Waals surface area contributed by atoms with E-state index in [1.807, 2.05) is 0 Å². The van der Waals surface area contributed by atoms with E-state index in [1.165, 1.54) is 12.8 Å². The van der Waals surface area contributed by atoms with Crippen LogP contribution in [-0.2, 0) is 4.74 Å². The predicted molar refractivity (Wildman–Crippen MR) is 92.4 cm³/mol. The standard InChI is InChI=1S/C17H34N4O/c1-5-18-16(20-9-6-15(2)7-10-20)19-8-11-21-12-13-22-14-17(21,3)4/h15H,5-14H2,1-4H3,(H,18,19). The summed E-state index contributed by atoms with van der Waals surface area (Å²) in [7, 11) is 0. The topological polar surface area (TPSA) is 40.1 Å². The Morgan fingerprint density at radius 3 is 2.64 bits per heavy atom. The molecular formula is C17H34N4O. The van der Waals surface area contributed by atoms with Crippen LogP contribution in [0.15, 0.2) is 4.99 Å². The molecule has 2 rings (SSSR count). The van der Waals surface area contributed by atoms with Crippen LogP contribution < -0.4 is 5.32 Å². The summed E-state index contributed by atoms with van der Waals surface area (Å²) in [6, 6.07) is 0. The first kappa shape index (κ1) is 17.5. The van der Waals surface area contributed by atoms with Crippen LogP contribution in [0, 0.1) is 5.92 Å².